The Balaban J connectivity index is 1.48. The fraction of sp³-hybridized carbons (Fsp3) is 0.412. The van der Waals surface area contributed by atoms with Crippen LogP contribution in [0.25, 0.3) is 0 Å². The molecule has 1 fully saturated rings. The molecule has 0 radical (unpaired) electrons. The van der Waals surface area contributed by atoms with Crippen LogP contribution in [0.3, 0.4) is 0 Å². The second-order valence-corrected chi connectivity index (χ2v) is 6.39. The number of amides is 1. The van der Waals surface area contributed by atoms with Gasteiger partial charge in [0.25, 0.3) is 0 Å². The van der Waals surface area contributed by atoms with Gasteiger partial charge in [0.2, 0.25) is 5.91 Å². The number of benzene rings is 1. The molecule has 2 aromatic rings. The van der Waals surface area contributed by atoms with E-state index in [1.54, 1.807) is 0 Å². The molecular weight excluding hydrogens is 290 g/mol. The number of nitrogens with zero attached hydrogens (tertiary/aromatic N) is 4. The molecule has 2 bridgehead atoms. The first kappa shape index (κ1) is 14.1. The highest BCUT2D eigenvalue weighted by Crippen LogP contribution is 2.43. The van der Waals surface area contributed by atoms with E-state index in [0.717, 1.165) is 12.1 Å². The van der Waals surface area contributed by atoms with Crippen LogP contribution in [-0.4, -0.2) is 32.7 Å². The fourth-order valence-electron chi connectivity index (χ4n) is 3.80. The quantitative estimate of drug-likeness (QED) is 0.851. The first-order valence-electron chi connectivity index (χ1n) is 8.04. The van der Waals surface area contributed by atoms with Crippen molar-refractivity contribution in [2.75, 3.05) is 6.54 Å². The lowest BCUT2D eigenvalue weighted by Gasteiger charge is -2.21. The normalized spacial score (nSPS) is 26.3. The van der Waals surface area contributed by atoms with Crippen molar-refractivity contribution in [1.82, 2.24) is 25.5 Å². The summed E-state index contributed by atoms with van der Waals surface area (Å²) in [6.45, 7) is 0.718. The van der Waals surface area contributed by atoms with Crippen LogP contribution in [0.2, 0.25) is 0 Å². The van der Waals surface area contributed by atoms with Crippen molar-refractivity contribution in [3.8, 4) is 0 Å². The van der Waals surface area contributed by atoms with Gasteiger partial charge in [-0.15, -0.1) is 5.10 Å². The maximum Gasteiger partial charge on any atom is 0.249 e. The molecule has 1 saturated carbocycles. The zero-order valence-corrected chi connectivity index (χ0v) is 12.7. The standard InChI is InChI=1S/C17H19N5O/c23-17(18-10-15-9-12-6-7-14(15)8-12)16(22-11-19-20-21-22)13-4-2-1-3-5-13/h1-7,11-12,14-16H,8-10H2,(H,18,23)/t12-,14-,15+,16-/m0/s1. The van der Waals surface area contributed by atoms with Gasteiger partial charge in [-0.25, -0.2) is 4.68 Å². The van der Waals surface area contributed by atoms with Crippen molar-refractivity contribution < 1.29 is 4.79 Å². The minimum Gasteiger partial charge on any atom is -0.354 e. The van der Waals surface area contributed by atoms with Crippen molar-refractivity contribution in [2.45, 2.75) is 18.9 Å². The average Bonchev–Trinajstić information content (AvgIpc) is 3.32. The molecule has 0 unspecified atom stereocenters. The highest BCUT2D eigenvalue weighted by molar-refractivity contribution is 5.83. The molecule has 6 nitrogen and oxygen atoms in total. The summed E-state index contributed by atoms with van der Waals surface area (Å²) in [4.78, 5) is 12.8. The first-order chi connectivity index (χ1) is 11.3. The summed E-state index contributed by atoms with van der Waals surface area (Å²) in [7, 11) is 0. The summed E-state index contributed by atoms with van der Waals surface area (Å²) in [5, 5.41) is 14.3. The maximum atomic E-state index is 12.8. The molecule has 4 rings (SSSR count). The van der Waals surface area contributed by atoms with E-state index < -0.39 is 6.04 Å². The third kappa shape index (κ3) is 2.76. The van der Waals surface area contributed by atoms with Gasteiger partial charge in [0.15, 0.2) is 6.04 Å². The van der Waals surface area contributed by atoms with Crippen LogP contribution >= 0.6 is 0 Å². The monoisotopic (exact) mass is 309 g/mol. The van der Waals surface area contributed by atoms with E-state index in [-0.39, 0.29) is 5.91 Å². The van der Waals surface area contributed by atoms with Crippen molar-refractivity contribution in [3.05, 3.63) is 54.4 Å². The van der Waals surface area contributed by atoms with Crippen LogP contribution in [-0.2, 0) is 4.79 Å². The molecule has 1 aromatic carbocycles. The third-order valence-electron chi connectivity index (χ3n) is 4.95. The van der Waals surface area contributed by atoms with Crippen LogP contribution < -0.4 is 5.32 Å². The van der Waals surface area contributed by atoms with Crippen LogP contribution in [0.15, 0.2) is 48.8 Å². The van der Waals surface area contributed by atoms with Gasteiger partial charge in [-0.1, -0.05) is 42.5 Å². The number of fused-ring (bicyclic) bond motifs is 2. The Morgan fingerprint density at radius 3 is 2.78 bits per heavy atom. The summed E-state index contributed by atoms with van der Waals surface area (Å²) < 4.78 is 1.51. The molecular formula is C17H19N5O. The second kappa shape index (κ2) is 5.95. The van der Waals surface area contributed by atoms with Gasteiger partial charge in [0.05, 0.1) is 0 Å². The number of tetrazole rings is 1. The van der Waals surface area contributed by atoms with Crippen molar-refractivity contribution in [1.29, 1.82) is 0 Å². The maximum absolute atomic E-state index is 12.8. The largest absolute Gasteiger partial charge is 0.354 e. The number of hydrogen-bond acceptors (Lipinski definition) is 4. The number of allylic oxidation sites excluding steroid dienone is 2. The minimum absolute atomic E-state index is 0.0600. The van der Waals surface area contributed by atoms with Gasteiger partial charge < -0.3 is 5.32 Å². The predicted octanol–water partition coefficient (Wildman–Crippen LogP) is 1.59. The number of nitrogens with one attached hydrogen (secondary N) is 1. The van der Waals surface area contributed by atoms with E-state index in [9.17, 15) is 4.79 Å². The Labute approximate surface area is 134 Å². The van der Waals surface area contributed by atoms with E-state index in [1.165, 1.54) is 23.9 Å². The van der Waals surface area contributed by atoms with Gasteiger partial charge in [-0.2, -0.15) is 0 Å². The number of rotatable bonds is 5. The molecule has 118 valence electrons. The zero-order valence-electron chi connectivity index (χ0n) is 12.7. The fourth-order valence-corrected chi connectivity index (χ4v) is 3.80. The van der Waals surface area contributed by atoms with Gasteiger partial charge in [0, 0.05) is 6.54 Å². The lowest BCUT2D eigenvalue weighted by atomic mass is 9.93. The van der Waals surface area contributed by atoms with Crippen molar-refractivity contribution in [3.63, 3.8) is 0 Å². The topological polar surface area (TPSA) is 72.7 Å². The minimum atomic E-state index is -0.527. The molecule has 0 aliphatic heterocycles. The second-order valence-electron chi connectivity index (χ2n) is 6.39. The number of aromatic nitrogens is 4. The summed E-state index contributed by atoms with van der Waals surface area (Å²) >= 11 is 0. The SMILES string of the molecule is O=C(NC[C@H]1C[C@H]2C=C[C@H]1C2)[C@H](c1ccccc1)n1cnnn1. The summed E-state index contributed by atoms with van der Waals surface area (Å²) in [5.41, 5.74) is 0.880. The van der Waals surface area contributed by atoms with Gasteiger partial charge in [0.1, 0.15) is 6.33 Å². The molecule has 0 saturated heterocycles. The lowest BCUT2D eigenvalue weighted by Crippen LogP contribution is -2.37. The molecule has 1 N–H and O–H groups in total. The van der Waals surface area contributed by atoms with Crippen LogP contribution in [0.5, 0.6) is 0 Å². The van der Waals surface area contributed by atoms with Crippen molar-refractivity contribution in [2.24, 2.45) is 17.8 Å². The van der Waals surface area contributed by atoms with E-state index in [2.05, 4.69) is 33.0 Å². The lowest BCUT2D eigenvalue weighted by molar-refractivity contribution is -0.123. The predicted molar refractivity (Wildman–Crippen MR) is 84.3 cm³/mol. The van der Waals surface area contributed by atoms with Gasteiger partial charge >= 0.3 is 0 Å². The molecule has 1 heterocycles. The van der Waals surface area contributed by atoms with E-state index >= 15 is 0 Å². The molecule has 0 spiro atoms. The van der Waals surface area contributed by atoms with Gasteiger partial charge in [-0.3, -0.25) is 4.79 Å². The Morgan fingerprint density at radius 2 is 2.13 bits per heavy atom. The smallest absolute Gasteiger partial charge is 0.249 e. The van der Waals surface area contributed by atoms with Crippen LogP contribution in [0.1, 0.15) is 24.4 Å². The summed E-state index contributed by atoms with van der Waals surface area (Å²) in [6.07, 6.45) is 8.54. The highest BCUT2D eigenvalue weighted by atomic mass is 16.2. The highest BCUT2D eigenvalue weighted by Gasteiger charge is 2.36. The van der Waals surface area contributed by atoms with Crippen LogP contribution in [0, 0.1) is 17.8 Å². The van der Waals surface area contributed by atoms with Crippen LogP contribution in [0.4, 0.5) is 0 Å². The van der Waals surface area contributed by atoms with E-state index in [0.29, 0.717) is 17.8 Å². The van der Waals surface area contributed by atoms with Gasteiger partial charge in [-0.05, 0) is 46.6 Å². The molecule has 2 aliphatic rings. The van der Waals surface area contributed by atoms with Crippen molar-refractivity contribution >= 4 is 5.91 Å². The number of hydrogen-bond donors (Lipinski definition) is 1. The number of carbonyl (C=O) groups is 1. The third-order valence-corrected chi connectivity index (χ3v) is 4.95. The molecule has 2 aliphatic carbocycles. The molecule has 6 heteroatoms. The summed E-state index contributed by atoms with van der Waals surface area (Å²) in [5.74, 6) is 1.84. The molecule has 23 heavy (non-hydrogen) atoms. The van der Waals surface area contributed by atoms with E-state index in [4.69, 9.17) is 0 Å². The Hall–Kier alpha value is -2.50. The molecule has 1 aromatic heterocycles. The number of carbonyl (C=O) groups excluding carboxylic acids is 1. The molecule has 1 amide bonds. The van der Waals surface area contributed by atoms with E-state index in [1.807, 2.05) is 30.3 Å². The first-order valence-corrected chi connectivity index (χ1v) is 8.04. The summed E-state index contributed by atoms with van der Waals surface area (Å²) in [6, 6.07) is 9.08. The Bertz CT molecular complexity index is 697. The molecule has 4 atom stereocenters. The average molecular weight is 309 g/mol. The zero-order chi connectivity index (χ0) is 15.6. The Morgan fingerprint density at radius 1 is 1.26 bits per heavy atom. The Kier molecular flexibility index (Phi) is 3.65.